The van der Waals surface area contributed by atoms with Crippen molar-refractivity contribution in [1.82, 2.24) is 20.1 Å². The van der Waals surface area contributed by atoms with Crippen LogP contribution in [0.4, 0.5) is 4.79 Å². The van der Waals surface area contributed by atoms with E-state index in [9.17, 15) is 9.59 Å². The van der Waals surface area contributed by atoms with Crippen molar-refractivity contribution in [3.63, 3.8) is 0 Å². The van der Waals surface area contributed by atoms with Crippen LogP contribution < -0.4 is 5.32 Å². The highest BCUT2D eigenvalue weighted by Crippen LogP contribution is 2.30. The van der Waals surface area contributed by atoms with Crippen LogP contribution in [0.15, 0.2) is 0 Å². The molecule has 3 amide bonds. The smallest absolute Gasteiger partial charge is 0.317 e. The largest absolute Gasteiger partial charge is 0.335 e. The number of aromatic nitrogens is 1. The Balaban J connectivity index is 1.55. The van der Waals surface area contributed by atoms with E-state index < -0.39 is 0 Å². The molecule has 1 saturated carbocycles. The number of nitrogens with one attached hydrogen (secondary N) is 1. The number of thiazole rings is 1. The minimum Gasteiger partial charge on any atom is -0.335 e. The summed E-state index contributed by atoms with van der Waals surface area (Å²) in [6.07, 6.45) is 5.87. The summed E-state index contributed by atoms with van der Waals surface area (Å²) in [6, 6.07) is 0.347. The van der Waals surface area contributed by atoms with Gasteiger partial charge in [0.25, 0.3) is 5.91 Å². The van der Waals surface area contributed by atoms with E-state index in [1.54, 1.807) is 0 Å². The second kappa shape index (κ2) is 8.17. The van der Waals surface area contributed by atoms with Gasteiger partial charge in [0.05, 0.1) is 10.7 Å². The quantitative estimate of drug-likeness (QED) is 0.837. The van der Waals surface area contributed by atoms with Crippen LogP contribution in [0, 0.1) is 6.92 Å². The van der Waals surface area contributed by atoms with Gasteiger partial charge in [0.15, 0.2) is 0 Å². The van der Waals surface area contributed by atoms with Crippen LogP contribution in [0.2, 0.25) is 0 Å². The summed E-state index contributed by atoms with van der Waals surface area (Å²) in [5, 5.41) is 4.16. The highest BCUT2D eigenvalue weighted by Gasteiger charge is 2.29. The number of rotatable bonds is 2. The van der Waals surface area contributed by atoms with Gasteiger partial charge in [0, 0.05) is 37.6 Å². The lowest BCUT2D eigenvalue weighted by Gasteiger charge is -2.35. The summed E-state index contributed by atoms with van der Waals surface area (Å²) in [5.74, 6) is 0.0489. The summed E-state index contributed by atoms with van der Waals surface area (Å²) in [4.78, 5) is 34.5. The first-order valence-electron chi connectivity index (χ1n) is 10.1. The molecule has 0 spiro atoms. The maximum absolute atomic E-state index is 12.9. The van der Waals surface area contributed by atoms with E-state index in [-0.39, 0.29) is 17.4 Å². The van der Waals surface area contributed by atoms with Gasteiger partial charge in [-0.1, -0.05) is 40.0 Å². The van der Waals surface area contributed by atoms with Crippen LogP contribution in [0.1, 0.15) is 73.2 Å². The first kappa shape index (κ1) is 20.1. The number of piperazine rings is 1. The van der Waals surface area contributed by atoms with Gasteiger partial charge in [0.1, 0.15) is 4.88 Å². The van der Waals surface area contributed by atoms with Crippen molar-refractivity contribution in [1.29, 1.82) is 0 Å². The van der Waals surface area contributed by atoms with Crippen molar-refractivity contribution in [2.75, 3.05) is 26.2 Å². The van der Waals surface area contributed by atoms with Crippen molar-refractivity contribution in [2.45, 2.75) is 71.3 Å². The Labute approximate surface area is 166 Å². The molecule has 0 radical (unpaired) electrons. The number of aryl methyl sites for hydroxylation is 1. The first-order chi connectivity index (χ1) is 12.8. The second-order valence-corrected chi connectivity index (χ2v) is 9.75. The van der Waals surface area contributed by atoms with Crippen LogP contribution in [0.5, 0.6) is 0 Å². The Morgan fingerprint density at radius 2 is 1.63 bits per heavy atom. The maximum atomic E-state index is 12.9. The maximum Gasteiger partial charge on any atom is 0.317 e. The summed E-state index contributed by atoms with van der Waals surface area (Å²) in [7, 11) is 0. The average Bonchev–Trinajstić information content (AvgIpc) is 3.04. The van der Waals surface area contributed by atoms with Gasteiger partial charge in [-0.05, 0) is 19.8 Å². The van der Waals surface area contributed by atoms with E-state index in [0.29, 0.717) is 32.2 Å². The van der Waals surface area contributed by atoms with Crippen LogP contribution in [0.25, 0.3) is 0 Å². The molecule has 6 nitrogen and oxygen atoms in total. The molecule has 0 atom stereocenters. The van der Waals surface area contributed by atoms with E-state index in [1.807, 2.05) is 16.7 Å². The number of nitrogens with zero attached hydrogens (tertiary/aromatic N) is 3. The molecule has 3 rings (SSSR count). The summed E-state index contributed by atoms with van der Waals surface area (Å²) < 4.78 is 0. The number of hydrogen-bond acceptors (Lipinski definition) is 4. The standard InChI is InChI=1S/C20H32N4O2S/c1-14-16(27-18(21-14)20(2,3)4)17(25)23-10-12-24(13-11-23)19(26)22-15-8-6-5-7-9-15/h15H,5-13H2,1-4H3,(H,22,26). The van der Waals surface area contributed by atoms with Gasteiger partial charge in [-0.25, -0.2) is 9.78 Å². The number of carbonyl (C=O) groups excluding carboxylic acids is 2. The zero-order valence-electron chi connectivity index (χ0n) is 17.0. The molecule has 7 heteroatoms. The minimum absolute atomic E-state index is 0.0259. The molecule has 1 aliphatic carbocycles. The predicted molar refractivity (Wildman–Crippen MR) is 108 cm³/mol. The van der Waals surface area contributed by atoms with Crippen molar-refractivity contribution >= 4 is 23.3 Å². The van der Waals surface area contributed by atoms with E-state index in [0.717, 1.165) is 28.4 Å². The third kappa shape index (κ3) is 4.81. The van der Waals surface area contributed by atoms with E-state index >= 15 is 0 Å². The van der Waals surface area contributed by atoms with Crippen LogP contribution in [0.3, 0.4) is 0 Å². The normalized spacial score (nSPS) is 19.3. The van der Waals surface area contributed by atoms with Crippen molar-refractivity contribution in [3.05, 3.63) is 15.6 Å². The Morgan fingerprint density at radius 1 is 1.04 bits per heavy atom. The SMILES string of the molecule is Cc1nc(C(C)(C)C)sc1C(=O)N1CCN(C(=O)NC2CCCCC2)CC1. The molecule has 0 unspecified atom stereocenters. The third-order valence-corrected chi connectivity index (χ3v) is 6.99. The lowest BCUT2D eigenvalue weighted by molar-refractivity contribution is 0.0666. The Morgan fingerprint density at radius 3 is 2.19 bits per heavy atom. The van der Waals surface area contributed by atoms with E-state index in [1.165, 1.54) is 30.6 Å². The molecule has 1 saturated heterocycles. The summed E-state index contributed by atoms with van der Waals surface area (Å²) in [6.45, 7) is 10.6. The van der Waals surface area contributed by atoms with Crippen LogP contribution in [-0.2, 0) is 5.41 Å². The van der Waals surface area contributed by atoms with Gasteiger partial charge in [-0.15, -0.1) is 11.3 Å². The number of amides is 3. The van der Waals surface area contributed by atoms with Gasteiger partial charge < -0.3 is 15.1 Å². The topological polar surface area (TPSA) is 65.5 Å². The molecule has 27 heavy (non-hydrogen) atoms. The summed E-state index contributed by atoms with van der Waals surface area (Å²) >= 11 is 1.50. The highest BCUT2D eigenvalue weighted by molar-refractivity contribution is 7.14. The number of urea groups is 1. The van der Waals surface area contributed by atoms with Gasteiger partial charge >= 0.3 is 6.03 Å². The minimum atomic E-state index is -0.0517. The summed E-state index contributed by atoms with van der Waals surface area (Å²) in [5.41, 5.74) is 0.761. The van der Waals surface area contributed by atoms with Crippen molar-refractivity contribution in [3.8, 4) is 0 Å². The molecule has 2 aliphatic rings. The molecular formula is C20H32N4O2S. The molecule has 1 aliphatic heterocycles. The van der Waals surface area contributed by atoms with Crippen LogP contribution in [-0.4, -0.2) is 58.9 Å². The lowest BCUT2D eigenvalue weighted by Crippen LogP contribution is -2.54. The van der Waals surface area contributed by atoms with E-state index in [2.05, 4.69) is 31.1 Å². The Bertz CT molecular complexity index is 681. The zero-order valence-corrected chi connectivity index (χ0v) is 17.8. The fourth-order valence-electron chi connectivity index (χ4n) is 3.68. The molecular weight excluding hydrogens is 360 g/mol. The average molecular weight is 393 g/mol. The molecule has 1 aromatic rings. The van der Waals surface area contributed by atoms with Crippen LogP contribution >= 0.6 is 11.3 Å². The molecule has 150 valence electrons. The molecule has 2 fully saturated rings. The Hall–Kier alpha value is -1.63. The van der Waals surface area contributed by atoms with Gasteiger partial charge in [-0.2, -0.15) is 0 Å². The fraction of sp³-hybridized carbons (Fsp3) is 0.750. The van der Waals surface area contributed by atoms with Crippen molar-refractivity contribution in [2.24, 2.45) is 0 Å². The lowest BCUT2D eigenvalue weighted by atomic mass is 9.96. The number of hydrogen-bond donors (Lipinski definition) is 1. The Kier molecular flexibility index (Phi) is 6.08. The monoisotopic (exact) mass is 392 g/mol. The molecule has 0 bridgehead atoms. The fourth-order valence-corrected chi connectivity index (χ4v) is 4.78. The van der Waals surface area contributed by atoms with E-state index in [4.69, 9.17) is 0 Å². The highest BCUT2D eigenvalue weighted by atomic mass is 32.1. The first-order valence-corrected chi connectivity index (χ1v) is 10.9. The van der Waals surface area contributed by atoms with Crippen molar-refractivity contribution < 1.29 is 9.59 Å². The number of carbonyl (C=O) groups is 2. The molecule has 1 aromatic heterocycles. The predicted octanol–water partition coefficient (Wildman–Crippen LogP) is 3.55. The molecule has 2 heterocycles. The molecule has 0 aromatic carbocycles. The zero-order chi connectivity index (χ0) is 19.6. The van der Waals surface area contributed by atoms with Gasteiger partial charge in [0.2, 0.25) is 0 Å². The molecule has 1 N–H and O–H groups in total. The van der Waals surface area contributed by atoms with Gasteiger partial charge in [-0.3, -0.25) is 4.79 Å². The third-order valence-electron chi connectivity index (χ3n) is 5.42. The second-order valence-electron chi connectivity index (χ2n) is 8.75.